The van der Waals surface area contributed by atoms with E-state index in [1.54, 1.807) is 36.9 Å². The number of rotatable bonds is 3. The number of thioether (sulfide) groups is 1. The quantitative estimate of drug-likeness (QED) is 0.852. The summed E-state index contributed by atoms with van der Waals surface area (Å²) in [5.74, 6) is 1.64. The van der Waals surface area contributed by atoms with E-state index in [1.165, 1.54) is 0 Å². The average Bonchev–Trinajstić information content (AvgIpc) is 2.47. The predicted octanol–water partition coefficient (Wildman–Crippen LogP) is 1.87. The number of nitrogens with zero attached hydrogens (tertiary/aromatic N) is 2. The molecule has 0 spiro atoms. The highest BCUT2D eigenvalue weighted by molar-refractivity contribution is 8.01. The highest BCUT2D eigenvalue weighted by Gasteiger charge is 2.32. The molecule has 1 atom stereocenters. The Morgan fingerprint density at radius 2 is 2.32 bits per heavy atom. The smallest absolute Gasteiger partial charge is 0.171 e. The Morgan fingerprint density at radius 3 is 3.00 bits per heavy atom. The molecule has 19 heavy (non-hydrogen) atoms. The van der Waals surface area contributed by atoms with Gasteiger partial charge in [-0.1, -0.05) is 13.0 Å². The molecule has 1 aromatic rings. The van der Waals surface area contributed by atoms with Gasteiger partial charge in [0, 0.05) is 29.5 Å². The van der Waals surface area contributed by atoms with E-state index in [-0.39, 0.29) is 5.75 Å². The van der Waals surface area contributed by atoms with Gasteiger partial charge < -0.3 is 4.90 Å². The largest absolute Gasteiger partial charge is 0.353 e. The molecule has 0 N–H and O–H groups in total. The summed E-state index contributed by atoms with van der Waals surface area (Å²) in [6.45, 7) is 2.38. The minimum atomic E-state index is -3.12. The third-order valence-electron chi connectivity index (χ3n) is 3.21. The van der Waals surface area contributed by atoms with Gasteiger partial charge in [0.25, 0.3) is 0 Å². The molecule has 1 aliphatic rings. The zero-order valence-corrected chi connectivity index (χ0v) is 12.4. The molecule has 1 aromatic carbocycles. The zero-order valence-electron chi connectivity index (χ0n) is 10.7. The van der Waals surface area contributed by atoms with E-state index in [2.05, 4.69) is 6.07 Å². The van der Waals surface area contributed by atoms with Crippen molar-refractivity contribution in [3.8, 4) is 6.07 Å². The van der Waals surface area contributed by atoms with Gasteiger partial charge in [-0.25, -0.2) is 8.42 Å². The molecule has 0 bridgehead atoms. The van der Waals surface area contributed by atoms with E-state index < -0.39 is 15.2 Å². The molecule has 0 amide bonds. The fraction of sp³-hybridized carbons (Fsp3) is 0.462. The van der Waals surface area contributed by atoms with Crippen molar-refractivity contribution in [2.45, 2.75) is 12.3 Å². The van der Waals surface area contributed by atoms with Gasteiger partial charge in [0.1, 0.15) is 5.37 Å². The molecule has 1 heterocycles. The minimum absolute atomic E-state index is 0.146. The van der Waals surface area contributed by atoms with E-state index in [4.69, 9.17) is 5.26 Å². The van der Waals surface area contributed by atoms with E-state index in [0.717, 1.165) is 11.4 Å². The second kappa shape index (κ2) is 5.85. The van der Waals surface area contributed by atoms with Gasteiger partial charge >= 0.3 is 0 Å². The Balaban J connectivity index is 2.37. The van der Waals surface area contributed by atoms with Gasteiger partial charge in [0.2, 0.25) is 0 Å². The van der Waals surface area contributed by atoms with Crippen LogP contribution in [0.15, 0.2) is 24.3 Å². The summed E-state index contributed by atoms with van der Waals surface area (Å²) in [5.41, 5.74) is 1.38. The molecule has 0 radical (unpaired) electrons. The predicted molar refractivity (Wildman–Crippen MR) is 79.1 cm³/mol. The van der Waals surface area contributed by atoms with Crippen LogP contribution in [0.1, 0.15) is 12.5 Å². The van der Waals surface area contributed by atoms with Crippen molar-refractivity contribution in [1.82, 2.24) is 0 Å². The maximum absolute atomic E-state index is 12.2. The molecular weight excluding hydrogens is 280 g/mol. The first kappa shape index (κ1) is 14.2. The van der Waals surface area contributed by atoms with Gasteiger partial charge in [-0.15, -0.1) is 0 Å². The Morgan fingerprint density at radius 1 is 1.53 bits per heavy atom. The van der Waals surface area contributed by atoms with Crippen LogP contribution >= 0.6 is 11.8 Å². The molecule has 1 saturated heterocycles. The first-order valence-corrected chi connectivity index (χ1v) is 9.01. The van der Waals surface area contributed by atoms with Gasteiger partial charge in [0.05, 0.1) is 11.6 Å². The Labute approximate surface area is 118 Å². The molecule has 0 aromatic heterocycles. The molecule has 1 unspecified atom stereocenters. The van der Waals surface area contributed by atoms with Crippen molar-refractivity contribution >= 4 is 27.3 Å². The van der Waals surface area contributed by atoms with Crippen molar-refractivity contribution in [1.29, 1.82) is 5.26 Å². The lowest BCUT2D eigenvalue weighted by atomic mass is 10.2. The van der Waals surface area contributed by atoms with Gasteiger partial charge in [0.15, 0.2) is 9.84 Å². The molecule has 2 rings (SSSR count). The fourth-order valence-electron chi connectivity index (χ4n) is 2.12. The topological polar surface area (TPSA) is 61.2 Å². The van der Waals surface area contributed by atoms with E-state index in [0.29, 0.717) is 17.9 Å². The summed E-state index contributed by atoms with van der Waals surface area (Å²) in [6, 6.07) is 9.25. The van der Waals surface area contributed by atoms with Crippen LogP contribution in [0.4, 0.5) is 5.69 Å². The van der Waals surface area contributed by atoms with E-state index >= 15 is 0 Å². The van der Waals surface area contributed by atoms with Crippen LogP contribution < -0.4 is 4.90 Å². The van der Waals surface area contributed by atoms with Crippen LogP contribution in [0.25, 0.3) is 0 Å². The molecule has 1 aliphatic heterocycles. The lowest BCUT2D eigenvalue weighted by molar-refractivity contribution is 0.579. The van der Waals surface area contributed by atoms with Gasteiger partial charge in [-0.2, -0.15) is 17.0 Å². The molecular formula is C13H16N2O2S2. The summed E-state index contributed by atoms with van der Waals surface area (Å²) in [6.07, 6.45) is 0. The summed E-state index contributed by atoms with van der Waals surface area (Å²) < 4.78 is 24.3. The molecule has 1 fully saturated rings. The van der Waals surface area contributed by atoms with Crippen LogP contribution in [0.5, 0.6) is 0 Å². The lowest BCUT2D eigenvalue weighted by Gasteiger charge is -2.36. The molecule has 4 nitrogen and oxygen atoms in total. The van der Waals surface area contributed by atoms with Crippen LogP contribution in [-0.2, 0) is 9.84 Å². The highest BCUT2D eigenvalue weighted by atomic mass is 32.2. The molecule has 6 heteroatoms. The average molecular weight is 296 g/mol. The van der Waals surface area contributed by atoms with Crippen molar-refractivity contribution in [3.63, 3.8) is 0 Å². The monoisotopic (exact) mass is 296 g/mol. The number of anilines is 1. The van der Waals surface area contributed by atoms with Crippen LogP contribution in [0, 0.1) is 11.3 Å². The van der Waals surface area contributed by atoms with Crippen molar-refractivity contribution in [2.24, 2.45) is 0 Å². The zero-order chi connectivity index (χ0) is 13.9. The number of hydrogen-bond acceptors (Lipinski definition) is 5. The number of nitriles is 1. The minimum Gasteiger partial charge on any atom is -0.353 e. The Kier molecular flexibility index (Phi) is 4.38. The number of benzene rings is 1. The van der Waals surface area contributed by atoms with E-state index in [1.807, 2.05) is 11.0 Å². The van der Waals surface area contributed by atoms with Gasteiger partial charge in [-0.3, -0.25) is 0 Å². The van der Waals surface area contributed by atoms with Crippen LogP contribution in [-0.4, -0.2) is 37.6 Å². The molecule has 0 saturated carbocycles. The summed E-state index contributed by atoms with van der Waals surface area (Å²) >= 11 is 1.67. The summed E-state index contributed by atoms with van der Waals surface area (Å²) in [7, 11) is -3.12. The number of hydrogen-bond donors (Lipinski definition) is 0. The van der Waals surface area contributed by atoms with Crippen molar-refractivity contribution in [2.75, 3.05) is 28.7 Å². The standard InChI is InChI=1S/C13H16N2O2S2/c1-2-19(16,17)13-10-18-7-6-15(13)12-5-3-4-11(8-12)9-14/h3-5,8,13H,2,6-7,10H2,1H3. The van der Waals surface area contributed by atoms with Crippen LogP contribution in [0.3, 0.4) is 0 Å². The first-order chi connectivity index (χ1) is 9.08. The Hall–Kier alpha value is -1.19. The normalized spacial score (nSPS) is 20.0. The van der Waals surface area contributed by atoms with E-state index in [9.17, 15) is 8.42 Å². The fourth-order valence-corrected chi connectivity index (χ4v) is 5.11. The molecule has 102 valence electrons. The van der Waals surface area contributed by atoms with Gasteiger partial charge in [-0.05, 0) is 18.2 Å². The van der Waals surface area contributed by atoms with Crippen molar-refractivity contribution in [3.05, 3.63) is 29.8 Å². The third-order valence-corrected chi connectivity index (χ3v) is 6.50. The third kappa shape index (κ3) is 3.04. The highest BCUT2D eigenvalue weighted by Crippen LogP contribution is 2.27. The maximum atomic E-state index is 12.2. The maximum Gasteiger partial charge on any atom is 0.171 e. The SMILES string of the molecule is CCS(=O)(=O)C1CSCCN1c1cccc(C#N)c1. The second-order valence-corrected chi connectivity index (χ2v) is 7.93. The summed E-state index contributed by atoms with van der Waals surface area (Å²) in [5, 5.41) is 8.46. The second-order valence-electron chi connectivity index (χ2n) is 4.34. The number of sulfone groups is 1. The van der Waals surface area contributed by atoms with Crippen molar-refractivity contribution < 1.29 is 8.42 Å². The first-order valence-electron chi connectivity index (χ1n) is 6.14. The Bertz CT molecular complexity index is 593. The summed E-state index contributed by atoms with van der Waals surface area (Å²) in [4.78, 5) is 1.91. The lowest BCUT2D eigenvalue weighted by Crippen LogP contribution is -2.48. The van der Waals surface area contributed by atoms with Crippen LogP contribution in [0.2, 0.25) is 0 Å². The molecule has 0 aliphatic carbocycles.